The van der Waals surface area contributed by atoms with Crippen LogP contribution in [0.3, 0.4) is 0 Å². The first-order chi connectivity index (χ1) is 31.9. The third-order valence-electron chi connectivity index (χ3n) is 13.6. The van der Waals surface area contributed by atoms with Crippen LogP contribution in [-0.2, 0) is 44.8 Å². The molecule has 2 heterocycles. The first-order valence-corrected chi connectivity index (χ1v) is 24.4. The Labute approximate surface area is 394 Å². The van der Waals surface area contributed by atoms with Crippen molar-refractivity contribution in [1.82, 2.24) is 47.9 Å². The highest BCUT2D eigenvalue weighted by Gasteiger charge is 2.41. The van der Waals surface area contributed by atoms with E-state index in [-0.39, 0.29) is 90.3 Å². The van der Waals surface area contributed by atoms with Gasteiger partial charge in [0.15, 0.2) is 0 Å². The van der Waals surface area contributed by atoms with Crippen LogP contribution < -0.4 is 53.6 Å². The summed E-state index contributed by atoms with van der Waals surface area (Å²) in [6.07, 6.45) is 5.55. The molecule has 4 aliphatic rings. The summed E-state index contributed by atoms with van der Waals surface area (Å²) in [5.41, 5.74) is 6.30. The van der Waals surface area contributed by atoms with Crippen molar-refractivity contribution in [3.63, 3.8) is 0 Å². The van der Waals surface area contributed by atoms with Crippen molar-refractivity contribution in [1.29, 1.82) is 0 Å². The Kier molecular flexibility index (Phi) is 19.8. The first-order valence-electron chi connectivity index (χ1n) is 24.4. The van der Waals surface area contributed by atoms with Gasteiger partial charge in [-0.15, -0.1) is 0 Å². The van der Waals surface area contributed by atoms with E-state index in [9.17, 15) is 43.5 Å². The summed E-state index contributed by atoms with van der Waals surface area (Å²) in [4.78, 5) is 105. The molecule has 2 aliphatic carbocycles. The van der Waals surface area contributed by atoms with Crippen LogP contribution in [0.2, 0.25) is 0 Å². The van der Waals surface area contributed by atoms with E-state index >= 15 is 0 Å². The molecule has 0 spiro atoms. The lowest BCUT2D eigenvalue weighted by molar-refractivity contribution is -0.130. The molecule has 2 aliphatic heterocycles. The molecule has 8 unspecified atom stereocenters. The number of carbonyl (C=O) groups is 8. The molecule has 19 nitrogen and oxygen atoms in total. The second-order valence-corrected chi connectivity index (χ2v) is 20.2. The summed E-state index contributed by atoms with van der Waals surface area (Å²) in [5.74, 6) is -4.59. The van der Waals surface area contributed by atoms with Crippen LogP contribution in [0, 0.1) is 41.4 Å². The van der Waals surface area contributed by atoms with Gasteiger partial charge in [0.1, 0.15) is 5.75 Å². The number of amides is 8. The van der Waals surface area contributed by atoms with Gasteiger partial charge in [0.05, 0.1) is 41.7 Å². The lowest BCUT2D eigenvalue weighted by Crippen LogP contribution is -2.54. The van der Waals surface area contributed by atoms with Gasteiger partial charge < -0.3 is 58.7 Å². The van der Waals surface area contributed by atoms with Gasteiger partial charge in [-0.3, -0.25) is 38.4 Å². The Morgan fingerprint density at radius 2 is 1.18 bits per heavy atom. The zero-order chi connectivity index (χ0) is 48.8. The molecule has 11 atom stereocenters. The minimum absolute atomic E-state index is 0.0628. The van der Waals surface area contributed by atoms with Crippen LogP contribution in [-0.4, -0.2) is 121 Å². The Hall–Kier alpha value is -5.30. The zero-order valence-corrected chi connectivity index (χ0v) is 39.9. The highest BCUT2D eigenvalue weighted by atomic mass is 16.3. The molecule has 372 valence electrons. The number of rotatable bonds is 23. The zero-order valence-electron chi connectivity index (χ0n) is 39.9. The third kappa shape index (κ3) is 16.2. The summed E-state index contributed by atoms with van der Waals surface area (Å²) in [6, 6.07) is 3.75. The molecule has 19 heteroatoms. The highest BCUT2D eigenvalue weighted by Crippen LogP contribution is 2.28. The Bertz CT molecular complexity index is 1900. The number of hydrogen-bond acceptors (Lipinski definition) is 11. The maximum absolute atomic E-state index is 13.9. The number of primary amides is 1. The predicted molar refractivity (Wildman–Crippen MR) is 250 cm³/mol. The Morgan fingerprint density at radius 3 is 1.78 bits per heavy atom. The lowest BCUT2D eigenvalue weighted by atomic mass is 9.93. The van der Waals surface area contributed by atoms with Gasteiger partial charge in [0, 0.05) is 76.7 Å². The largest absolute Gasteiger partial charge is 0.508 e. The molecule has 0 aromatic heterocycles. The van der Waals surface area contributed by atoms with E-state index in [1.807, 2.05) is 27.7 Å². The average Bonchev–Trinajstić information content (AvgIpc) is 4.08. The van der Waals surface area contributed by atoms with Crippen molar-refractivity contribution in [3.8, 4) is 5.75 Å². The molecule has 0 bridgehead atoms. The second-order valence-electron chi connectivity index (χ2n) is 20.2. The van der Waals surface area contributed by atoms with E-state index in [1.165, 1.54) is 19.1 Å². The van der Waals surface area contributed by atoms with Gasteiger partial charge in [-0.1, -0.05) is 52.7 Å². The summed E-state index contributed by atoms with van der Waals surface area (Å²) in [6.45, 7) is 10.9. The molecule has 2 saturated heterocycles. The maximum atomic E-state index is 13.9. The Morgan fingerprint density at radius 1 is 0.627 bits per heavy atom. The van der Waals surface area contributed by atoms with Crippen molar-refractivity contribution in [2.45, 2.75) is 141 Å². The standard InChI is InChI=1S/C48H76N10O9/c1-26(2)16-30(21-52-45(64)34-8-6-11-39(34)56-43(62)20-31(17-27(3)4)54-46(65)35-9-7-10-38(35)53-28(5)59)44(63)57-40-24-51-23-37(40)48(67)58-41-25-50-22-36(41)47(66)55-32(19-42(49)61)18-29-12-14-33(60)15-13-29/h12-15,26-27,30-32,34-41,50-51,60H,6-11,16-25H2,1-5H3,(H2,49,61)(H,52,64)(H,53,59)(H,54,65)(H,55,66)(H,56,62)(H,57,63)(H,58,67)/t30-,31-,32-,34?,35?,36?,37?,38?,39?,40?,41?/m0/s1. The third-order valence-corrected chi connectivity index (χ3v) is 13.6. The summed E-state index contributed by atoms with van der Waals surface area (Å²) in [7, 11) is 0. The van der Waals surface area contributed by atoms with E-state index in [4.69, 9.17) is 5.73 Å². The quantitative estimate of drug-likeness (QED) is 0.0694. The topological polar surface area (TPSA) is 291 Å². The normalized spacial score (nSPS) is 26.0. The fourth-order valence-electron chi connectivity index (χ4n) is 10.4. The summed E-state index contributed by atoms with van der Waals surface area (Å²) < 4.78 is 0. The van der Waals surface area contributed by atoms with Gasteiger partial charge in [-0.2, -0.15) is 0 Å². The number of phenolic OH excluding ortho intramolecular Hbond substituents is 1. The fourth-order valence-corrected chi connectivity index (χ4v) is 10.4. The minimum atomic E-state index is -0.629. The van der Waals surface area contributed by atoms with E-state index in [2.05, 4.69) is 47.9 Å². The van der Waals surface area contributed by atoms with Gasteiger partial charge in [-0.25, -0.2) is 0 Å². The van der Waals surface area contributed by atoms with Crippen LogP contribution in [0.1, 0.15) is 104 Å². The molecular formula is C48H76N10O9. The number of hydrogen-bond donors (Lipinski definition) is 11. The van der Waals surface area contributed by atoms with E-state index in [1.54, 1.807) is 12.1 Å². The molecule has 5 rings (SSSR count). The number of aromatic hydroxyl groups is 1. The maximum Gasteiger partial charge on any atom is 0.226 e. The van der Waals surface area contributed by atoms with Crippen LogP contribution in [0.25, 0.3) is 0 Å². The first kappa shape index (κ1) is 52.7. The smallest absolute Gasteiger partial charge is 0.226 e. The average molecular weight is 937 g/mol. The Balaban J connectivity index is 1.12. The molecule has 1 aromatic rings. The van der Waals surface area contributed by atoms with Crippen molar-refractivity contribution in [2.24, 2.45) is 47.2 Å². The highest BCUT2D eigenvalue weighted by molar-refractivity contribution is 5.87. The van der Waals surface area contributed by atoms with Crippen LogP contribution in [0.15, 0.2) is 24.3 Å². The van der Waals surface area contributed by atoms with Gasteiger partial charge in [0.25, 0.3) is 0 Å². The number of phenols is 1. The second kappa shape index (κ2) is 25.2. The molecule has 8 amide bonds. The number of benzene rings is 1. The summed E-state index contributed by atoms with van der Waals surface area (Å²) in [5, 5.41) is 37.1. The van der Waals surface area contributed by atoms with Crippen LogP contribution in [0.4, 0.5) is 0 Å². The predicted octanol–water partition coefficient (Wildman–Crippen LogP) is -0.00750. The van der Waals surface area contributed by atoms with Gasteiger partial charge in [0.2, 0.25) is 47.3 Å². The van der Waals surface area contributed by atoms with Crippen molar-refractivity contribution >= 4 is 47.3 Å². The van der Waals surface area contributed by atoms with Crippen molar-refractivity contribution < 1.29 is 43.5 Å². The molecule has 1 aromatic carbocycles. The minimum Gasteiger partial charge on any atom is -0.508 e. The molecular weight excluding hydrogens is 861 g/mol. The molecule has 0 radical (unpaired) electrons. The van der Waals surface area contributed by atoms with Crippen molar-refractivity contribution in [2.75, 3.05) is 32.7 Å². The summed E-state index contributed by atoms with van der Waals surface area (Å²) >= 11 is 0. The van der Waals surface area contributed by atoms with Gasteiger partial charge in [-0.05, 0) is 74.5 Å². The van der Waals surface area contributed by atoms with E-state index < -0.39 is 59.8 Å². The molecule has 67 heavy (non-hydrogen) atoms. The molecule has 12 N–H and O–H groups in total. The van der Waals surface area contributed by atoms with E-state index in [0.717, 1.165) is 24.8 Å². The molecule has 4 fully saturated rings. The fraction of sp³-hybridized carbons (Fsp3) is 0.708. The number of nitrogens with two attached hydrogens (primary N) is 1. The van der Waals surface area contributed by atoms with Gasteiger partial charge >= 0.3 is 0 Å². The van der Waals surface area contributed by atoms with Crippen molar-refractivity contribution in [3.05, 3.63) is 29.8 Å². The SMILES string of the molecule is CC(=O)NC1CCCC1C(=O)N[C@H](CC(=O)NC1CCCC1C(=O)NC[C@H](CC(C)C)C(=O)NC1CNCC1C(=O)NC1CNCC1C(=O)N[C@H](CC(N)=O)Cc1ccc(O)cc1)CC(C)C. The van der Waals surface area contributed by atoms with Crippen LogP contribution in [0.5, 0.6) is 5.75 Å². The number of nitrogens with one attached hydrogen (secondary N) is 9. The lowest BCUT2D eigenvalue weighted by Gasteiger charge is -2.27. The molecule has 2 saturated carbocycles. The van der Waals surface area contributed by atoms with E-state index in [0.29, 0.717) is 64.7 Å². The van der Waals surface area contributed by atoms with Crippen LogP contribution >= 0.6 is 0 Å². The number of carbonyl (C=O) groups excluding carboxylic acids is 8. The monoisotopic (exact) mass is 937 g/mol.